The molecule has 0 bridgehead atoms. The highest BCUT2D eigenvalue weighted by atomic mass is 35.5. The number of rotatable bonds is 10. The third kappa shape index (κ3) is 6.89. The SMILES string of the molecule is Cc1ccc(-c2nnc(SCCCCC(=O)N3CCN(S(=O)(=O)c4ccc(Cl)cc4)C(C)C3)n2-c2ccccc2)cc1. The molecule has 3 aromatic carbocycles. The topological polar surface area (TPSA) is 88.4 Å². The lowest BCUT2D eigenvalue weighted by atomic mass is 10.1. The maximum absolute atomic E-state index is 13.1. The second-order valence-electron chi connectivity index (χ2n) is 10.4. The number of nitrogens with zero attached hydrogens (tertiary/aromatic N) is 5. The highest BCUT2D eigenvalue weighted by Gasteiger charge is 2.35. The van der Waals surface area contributed by atoms with Gasteiger partial charge in [0.05, 0.1) is 4.90 Å². The first kappa shape index (κ1) is 30.3. The fourth-order valence-electron chi connectivity index (χ4n) is 5.03. The van der Waals surface area contributed by atoms with Gasteiger partial charge in [0, 0.05) is 54.1 Å². The summed E-state index contributed by atoms with van der Waals surface area (Å²) in [6.07, 6.45) is 2.02. The number of sulfonamides is 1. The number of thioether (sulfide) groups is 1. The summed E-state index contributed by atoms with van der Waals surface area (Å²) in [6, 6.07) is 24.2. The molecule has 0 spiro atoms. The van der Waals surface area contributed by atoms with Gasteiger partial charge in [-0.3, -0.25) is 9.36 Å². The van der Waals surface area contributed by atoms with E-state index in [2.05, 4.69) is 46.0 Å². The zero-order valence-electron chi connectivity index (χ0n) is 23.7. The highest BCUT2D eigenvalue weighted by molar-refractivity contribution is 7.99. The first-order valence-corrected chi connectivity index (χ1v) is 16.8. The Morgan fingerprint density at radius 3 is 2.36 bits per heavy atom. The highest BCUT2D eigenvalue weighted by Crippen LogP contribution is 2.29. The minimum absolute atomic E-state index is 0.0597. The lowest BCUT2D eigenvalue weighted by molar-refractivity contribution is -0.133. The zero-order chi connectivity index (χ0) is 29.7. The summed E-state index contributed by atoms with van der Waals surface area (Å²) < 4.78 is 29.8. The Bertz CT molecular complexity index is 1610. The van der Waals surface area contributed by atoms with Gasteiger partial charge in [-0.15, -0.1) is 10.2 Å². The van der Waals surface area contributed by atoms with Crippen molar-refractivity contribution >= 4 is 39.3 Å². The molecule has 1 fully saturated rings. The van der Waals surface area contributed by atoms with E-state index in [0.717, 1.165) is 40.8 Å². The van der Waals surface area contributed by atoms with Crippen molar-refractivity contribution in [2.75, 3.05) is 25.4 Å². The summed E-state index contributed by atoms with van der Waals surface area (Å²) >= 11 is 7.56. The number of benzene rings is 3. The first-order valence-electron chi connectivity index (χ1n) is 14.0. The minimum atomic E-state index is -3.65. The van der Waals surface area contributed by atoms with Crippen molar-refractivity contribution < 1.29 is 13.2 Å². The van der Waals surface area contributed by atoms with E-state index in [-0.39, 0.29) is 23.4 Å². The summed E-state index contributed by atoms with van der Waals surface area (Å²) in [5.74, 6) is 1.66. The van der Waals surface area contributed by atoms with Gasteiger partial charge in [-0.25, -0.2) is 8.42 Å². The number of para-hydroxylation sites is 1. The average molecular weight is 624 g/mol. The van der Waals surface area contributed by atoms with Crippen LogP contribution in [0, 0.1) is 6.92 Å². The van der Waals surface area contributed by atoms with Crippen LogP contribution < -0.4 is 0 Å². The van der Waals surface area contributed by atoms with Crippen molar-refractivity contribution in [3.05, 3.63) is 89.4 Å². The van der Waals surface area contributed by atoms with Crippen LogP contribution in [0.15, 0.2) is 88.9 Å². The van der Waals surface area contributed by atoms with Crippen LogP contribution in [0.25, 0.3) is 17.1 Å². The van der Waals surface area contributed by atoms with Crippen LogP contribution in [0.3, 0.4) is 0 Å². The lowest BCUT2D eigenvalue weighted by Gasteiger charge is -2.39. The molecular weight excluding hydrogens is 590 g/mol. The Hall–Kier alpha value is -3.18. The van der Waals surface area contributed by atoms with E-state index in [4.69, 9.17) is 11.6 Å². The van der Waals surface area contributed by atoms with Gasteiger partial charge in [-0.05, 0) is 63.1 Å². The van der Waals surface area contributed by atoms with Gasteiger partial charge < -0.3 is 4.90 Å². The predicted molar refractivity (Wildman–Crippen MR) is 167 cm³/mol. The van der Waals surface area contributed by atoms with Crippen molar-refractivity contribution in [2.45, 2.75) is 49.2 Å². The molecule has 0 aliphatic carbocycles. The quantitative estimate of drug-likeness (QED) is 0.157. The van der Waals surface area contributed by atoms with E-state index < -0.39 is 10.0 Å². The molecule has 1 saturated heterocycles. The van der Waals surface area contributed by atoms with Crippen molar-refractivity contribution in [2.24, 2.45) is 0 Å². The van der Waals surface area contributed by atoms with Gasteiger partial charge in [0.2, 0.25) is 15.9 Å². The van der Waals surface area contributed by atoms with Crippen molar-refractivity contribution in [3.63, 3.8) is 0 Å². The summed E-state index contributed by atoms with van der Waals surface area (Å²) in [5.41, 5.74) is 3.19. The van der Waals surface area contributed by atoms with Crippen LogP contribution in [0.4, 0.5) is 0 Å². The molecular formula is C31H34ClN5O3S2. The Balaban J connectivity index is 1.14. The molecule has 0 N–H and O–H groups in total. The number of aryl methyl sites for hydroxylation is 1. The van der Waals surface area contributed by atoms with Gasteiger partial charge in [0.1, 0.15) is 0 Å². The third-order valence-corrected chi connectivity index (χ3v) is 10.6. The molecule has 4 aromatic rings. The Morgan fingerprint density at radius 1 is 0.952 bits per heavy atom. The molecule has 1 aliphatic rings. The van der Waals surface area contributed by atoms with E-state index >= 15 is 0 Å². The van der Waals surface area contributed by atoms with E-state index in [1.807, 2.05) is 37.3 Å². The van der Waals surface area contributed by atoms with Gasteiger partial charge >= 0.3 is 0 Å². The second kappa shape index (κ2) is 13.4. The maximum Gasteiger partial charge on any atom is 0.243 e. The minimum Gasteiger partial charge on any atom is -0.340 e. The number of carbonyl (C=O) groups is 1. The predicted octanol–water partition coefficient (Wildman–Crippen LogP) is 6.08. The normalized spacial score (nSPS) is 16.1. The van der Waals surface area contributed by atoms with Gasteiger partial charge in [-0.1, -0.05) is 71.4 Å². The molecule has 2 heterocycles. The number of hydrogen-bond acceptors (Lipinski definition) is 6. The molecule has 1 aromatic heterocycles. The average Bonchev–Trinajstić information content (AvgIpc) is 3.41. The molecule has 1 unspecified atom stereocenters. The number of halogens is 1. The van der Waals surface area contributed by atoms with E-state index in [1.165, 1.54) is 22.0 Å². The number of carbonyl (C=O) groups excluding carboxylic acids is 1. The number of amides is 1. The zero-order valence-corrected chi connectivity index (χ0v) is 26.1. The van der Waals surface area contributed by atoms with Crippen LogP contribution in [-0.4, -0.2) is 69.7 Å². The number of hydrogen-bond donors (Lipinski definition) is 0. The van der Waals surface area contributed by atoms with Crippen LogP contribution >= 0.6 is 23.4 Å². The molecule has 42 heavy (non-hydrogen) atoms. The number of aromatic nitrogens is 3. The van der Waals surface area contributed by atoms with Crippen LogP contribution in [0.2, 0.25) is 5.02 Å². The Labute approximate surface area is 256 Å². The molecule has 220 valence electrons. The largest absolute Gasteiger partial charge is 0.340 e. The third-order valence-electron chi connectivity index (χ3n) is 7.31. The summed E-state index contributed by atoms with van der Waals surface area (Å²) in [6.45, 7) is 4.93. The van der Waals surface area contributed by atoms with Crippen LogP contribution in [0.1, 0.15) is 31.7 Å². The van der Waals surface area contributed by atoms with Gasteiger partial charge in [0.25, 0.3) is 0 Å². The van der Waals surface area contributed by atoms with Crippen LogP contribution in [-0.2, 0) is 14.8 Å². The van der Waals surface area contributed by atoms with Crippen molar-refractivity contribution in [1.82, 2.24) is 24.0 Å². The molecule has 11 heteroatoms. The van der Waals surface area contributed by atoms with Crippen molar-refractivity contribution in [1.29, 1.82) is 0 Å². The standard InChI is InChI=1S/C31H34ClN5O3S2/c1-23-11-13-25(14-12-23)30-33-34-31(37(30)27-8-4-3-5-9-27)41-21-7-6-10-29(38)35-19-20-36(24(2)22-35)42(39,40)28-17-15-26(32)16-18-28/h3-5,8-9,11-18,24H,6-7,10,19-22H2,1-2H3. The molecule has 1 amide bonds. The smallest absolute Gasteiger partial charge is 0.243 e. The first-order chi connectivity index (χ1) is 20.2. The monoisotopic (exact) mass is 623 g/mol. The lowest BCUT2D eigenvalue weighted by Crippen LogP contribution is -2.55. The number of unbranched alkanes of at least 4 members (excludes halogenated alkanes) is 1. The molecule has 5 rings (SSSR count). The van der Waals surface area contributed by atoms with Crippen LogP contribution in [0.5, 0.6) is 0 Å². The molecule has 0 saturated carbocycles. The molecule has 1 atom stereocenters. The Morgan fingerprint density at radius 2 is 1.67 bits per heavy atom. The summed E-state index contributed by atoms with van der Waals surface area (Å²) in [4.78, 5) is 15.0. The van der Waals surface area contributed by atoms with E-state index in [0.29, 0.717) is 24.5 Å². The number of piperazine rings is 1. The van der Waals surface area contributed by atoms with Gasteiger partial charge in [-0.2, -0.15) is 4.31 Å². The fourth-order valence-corrected chi connectivity index (χ4v) is 7.72. The summed E-state index contributed by atoms with van der Waals surface area (Å²) in [5, 5.41) is 10.3. The van der Waals surface area contributed by atoms with Crippen molar-refractivity contribution in [3.8, 4) is 17.1 Å². The molecule has 0 radical (unpaired) electrons. The Kier molecular flexibility index (Phi) is 9.67. The van der Waals surface area contributed by atoms with E-state index in [1.54, 1.807) is 28.8 Å². The fraction of sp³-hybridized carbons (Fsp3) is 0.323. The molecule has 8 nitrogen and oxygen atoms in total. The van der Waals surface area contributed by atoms with Gasteiger partial charge in [0.15, 0.2) is 11.0 Å². The summed E-state index contributed by atoms with van der Waals surface area (Å²) in [7, 11) is -3.65. The maximum atomic E-state index is 13.1. The van der Waals surface area contributed by atoms with E-state index in [9.17, 15) is 13.2 Å². The molecule has 1 aliphatic heterocycles. The second-order valence-corrected chi connectivity index (χ2v) is 13.8.